The summed E-state index contributed by atoms with van der Waals surface area (Å²) >= 11 is 0. The zero-order valence-corrected chi connectivity index (χ0v) is 28.3. The molecule has 0 atom stereocenters. The summed E-state index contributed by atoms with van der Waals surface area (Å²) < 4.78 is 4.78. The molecule has 51 heavy (non-hydrogen) atoms. The topological polar surface area (TPSA) is 9.86 Å². The van der Waals surface area contributed by atoms with Gasteiger partial charge in [0.05, 0.1) is 22.1 Å². The Morgan fingerprint density at radius 3 is 1.61 bits per heavy atom. The van der Waals surface area contributed by atoms with Crippen LogP contribution in [0.3, 0.4) is 0 Å². The van der Waals surface area contributed by atoms with Crippen LogP contribution in [-0.4, -0.2) is 9.13 Å². The van der Waals surface area contributed by atoms with Crippen LogP contribution in [0.25, 0.3) is 100 Å². The van der Waals surface area contributed by atoms with Crippen LogP contribution in [0.1, 0.15) is 6.92 Å². The fourth-order valence-corrected chi connectivity index (χ4v) is 8.27. The Morgan fingerprint density at radius 1 is 0.451 bits per heavy atom. The van der Waals surface area contributed by atoms with Crippen LogP contribution in [0.2, 0.25) is 0 Å². The second-order valence-corrected chi connectivity index (χ2v) is 13.3. The molecule has 10 rings (SSSR count). The maximum absolute atomic E-state index is 4.63. The Bertz CT molecular complexity index is 3160. The first-order valence-corrected chi connectivity index (χ1v) is 17.6. The predicted molar refractivity (Wildman–Crippen MR) is 220 cm³/mol. The van der Waals surface area contributed by atoms with Crippen LogP contribution in [-0.2, 0) is 0 Å². The number of aromatic nitrogens is 2. The third kappa shape index (κ3) is 4.43. The number of allylic oxidation sites excluding steroid dienone is 2. The van der Waals surface area contributed by atoms with Gasteiger partial charge in [0.15, 0.2) is 0 Å². The molecule has 0 saturated carbocycles. The van der Waals surface area contributed by atoms with Gasteiger partial charge in [0.2, 0.25) is 0 Å². The molecule has 10 aromatic rings. The van der Waals surface area contributed by atoms with E-state index in [2.05, 4.69) is 199 Å². The van der Waals surface area contributed by atoms with Crippen LogP contribution in [0.5, 0.6) is 0 Å². The average molecular weight is 651 g/mol. The van der Waals surface area contributed by atoms with E-state index in [4.69, 9.17) is 0 Å². The molecule has 2 aromatic heterocycles. The van der Waals surface area contributed by atoms with Gasteiger partial charge in [-0.1, -0.05) is 128 Å². The highest BCUT2D eigenvalue weighted by Crippen LogP contribution is 2.38. The molecule has 0 fully saturated rings. The molecular weight excluding hydrogens is 617 g/mol. The lowest BCUT2D eigenvalue weighted by atomic mass is 9.97. The van der Waals surface area contributed by atoms with Crippen molar-refractivity contribution in [1.29, 1.82) is 0 Å². The van der Waals surface area contributed by atoms with Gasteiger partial charge in [0.1, 0.15) is 0 Å². The number of hydrogen-bond donors (Lipinski definition) is 0. The Balaban J connectivity index is 1.18. The van der Waals surface area contributed by atoms with E-state index < -0.39 is 0 Å². The Kier molecular flexibility index (Phi) is 6.59. The Hall–Kier alpha value is -6.64. The van der Waals surface area contributed by atoms with E-state index in [-0.39, 0.29) is 0 Å². The van der Waals surface area contributed by atoms with Crippen molar-refractivity contribution in [3.8, 4) is 16.8 Å². The normalized spacial score (nSPS) is 12.7. The van der Waals surface area contributed by atoms with Gasteiger partial charge in [-0.3, -0.25) is 0 Å². The molecule has 0 aliphatic carbocycles. The van der Waals surface area contributed by atoms with Crippen molar-refractivity contribution in [3.05, 3.63) is 180 Å². The average Bonchev–Trinajstić information content (AvgIpc) is 3.70. The lowest BCUT2D eigenvalue weighted by Crippen LogP contribution is -2.25. The number of fused-ring (bicyclic) bond motifs is 9. The lowest BCUT2D eigenvalue weighted by Gasteiger charge is -2.11. The van der Waals surface area contributed by atoms with Gasteiger partial charge in [-0.2, -0.15) is 0 Å². The second kappa shape index (κ2) is 11.5. The van der Waals surface area contributed by atoms with Gasteiger partial charge < -0.3 is 9.13 Å². The van der Waals surface area contributed by atoms with E-state index in [1.54, 1.807) is 0 Å². The van der Waals surface area contributed by atoms with Crippen molar-refractivity contribution < 1.29 is 0 Å². The van der Waals surface area contributed by atoms with Gasteiger partial charge in [-0.05, 0) is 105 Å². The van der Waals surface area contributed by atoms with Crippen molar-refractivity contribution in [2.45, 2.75) is 6.92 Å². The molecule has 0 aliphatic rings. The van der Waals surface area contributed by atoms with Crippen LogP contribution in [0, 0.1) is 0 Å². The largest absolute Gasteiger partial charge is 0.310 e. The SMILES string of the molecule is C=c1/c(=C\C(=C/C)n2c3ccccc3c3cc(-c4ccc5c(c4)c4ccccc4n5-c4ccccc4)ccc32)c2ccccc2c2ccccc12. The monoisotopic (exact) mass is 650 g/mol. The second-order valence-electron chi connectivity index (χ2n) is 13.3. The molecule has 0 spiro atoms. The van der Waals surface area contributed by atoms with Gasteiger partial charge in [0, 0.05) is 32.9 Å². The minimum absolute atomic E-state index is 1.05. The summed E-state index contributed by atoms with van der Waals surface area (Å²) in [7, 11) is 0. The molecule has 2 nitrogen and oxygen atoms in total. The molecule has 0 aliphatic heterocycles. The number of rotatable bonds is 4. The van der Waals surface area contributed by atoms with Crippen LogP contribution >= 0.6 is 0 Å². The third-order valence-corrected chi connectivity index (χ3v) is 10.6. The Morgan fingerprint density at radius 2 is 0.922 bits per heavy atom. The first kappa shape index (κ1) is 29.3. The summed E-state index contributed by atoms with van der Waals surface area (Å²) in [5.74, 6) is 0. The molecule has 2 heterocycles. The smallest absolute Gasteiger partial charge is 0.0541 e. The molecule has 0 amide bonds. The number of para-hydroxylation sites is 3. The number of benzene rings is 8. The van der Waals surface area contributed by atoms with Crippen molar-refractivity contribution in [3.63, 3.8) is 0 Å². The van der Waals surface area contributed by atoms with Gasteiger partial charge in [0.25, 0.3) is 0 Å². The zero-order chi connectivity index (χ0) is 34.1. The van der Waals surface area contributed by atoms with Gasteiger partial charge in [-0.25, -0.2) is 0 Å². The highest BCUT2D eigenvalue weighted by molar-refractivity contribution is 6.14. The zero-order valence-electron chi connectivity index (χ0n) is 28.3. The summed E-state index contributed by atoms with van der Waals surface area (Å²) in [6.45, 7) is 6.76. The molecule has 0 N–H and O–H groups in total. The van der Waals surface area contributed by atoms with Crippen molar-refractivity contribution in [1.82, 2.24) is 9.13 Å². The minimum Gasteiger partial charge on any atom is -0.310 e. The van der Waals surface area contributed by atoms with E-state index in [9.17, 15) is 0 Å². The molecule has 0 bridgehead atoms. The molecule has 240 valence electrons. The van der Waals surface area contributed by atoms with E-state index in [0.717, 1.165) is 16.1 Å². The van der Waals surface area contributed by atoms with E-state index in [1.165, 1.54) is 82.0 Å². The summed E-state index contributed by atoms with van der Waals surface area (Å²) in [5.41, 5.74) is 9.50. The third-order valence-electron chi connectivity index (χ3n) is 10.6. The van der Waals surface area contributed by atoms with E-state index in [1.807, 2.05) is 0 Å². The summed E-state index contributed by atoms with van der Waals surface area (Å²) in [5, 5.41) is 12.1. The lowest BCUT2D eigenvalue weighted by molar-refractivity contribution is 1.18. The van der Waals surface area contributed by atoms with Crippen molar-refractivity contribution in [2.75, 3.05) is 0 Å². The number of nitrogens with zero attached hydrogens (tertiary/aromatic N) is 2. The molecule has 0 unspecified atom stereocenters. The van der Waals surface area contributed by atoms with E-state index >= 15 is 0 Å². The maximum atomic E-state index is 4.63. The fourth-order valence-electron chi connectivity index (χ4n) is 8.27. The van der Waals surface area contributed by atoms with Crippen LogP contribution < -0.4 is 10.4 Å². The molecule has 8 aromatic carbocycles. The summed E-state index contributed by atoms with van der Waals surface area (Å²) in [6.07, 6.45) is 4.55. The summed E-state index contributed by atoms with van der Waals surface area (Å²) in [4.78, 5) is 0. The minimum atomic E-state index is 1.05. The molecule has 0 radical (unpaired) electrons. The number of hydrogen-bond acceptors (Lipinski definition) is 0. The van der Waals surface area contributed by atoms with Crippen LogP contribution in [0.15, 0.2) is 170 Å². The Labute approximate surface area is 295 Å². The summed E-state index contributed by atoms with van der Waals surface area (Å²) in [6, 6.07) is 59.3. The molecular formula is C49H34N2. The van der Waals surface area contributed by atoms with Crippen molar-refractivity contribution in [2.24, 2.45) is 0 Å². The fraction of sp³-hybridized carbons (Fsp3) is 0.0204. The van der Waals surface area contributed by atoms with Gasteiger partial charge in [-0.15, -0.1) is 0 Å². The molecule has 0 saturated heterocycles. The highest BCUT2D eigenvalue weighted by atomic mass is 15.0. The standard InChI is InChI=1S/C49H34N2/c1-3-35(31-43-32(2)37-17-7-8-18-38(37)39-19-9-10-20-40(39)43)50-46-23-13-11-21-41(46)44-29-33(25-27-48(44)50)34-26-28-49-45(30-34)42-22-12-14-24-47(42)51(49)36-15-5-4-6-16-36/h3-31H,2H2,1H3/b35-3+,43-31+. The van der Waals surface area contributed by atoms with E-state index in [0.29, 0.717) is 0 Å². The predicted octanol–water partition coefficient (Wildman–Crippen LogP) is 11.6. The van der Waals surface area contributed by atoms with Gasteiger partial charge >= 0.3 is 0 Å². The van der Waals surface area contributed by atoms with Crippen molar-refractivity contribution >= 4 is 83.5 Å². The maximum Gasteiger partial charge on any atom is 0.0541 e. The highest BCUT2D eigenvalue weighted by Gasteiger charge is 2.16. The van der Waals surface area contributed by atoms with Crippen LogP contribution in [0.4, 0.5) is 0 Å². The molecule has 2 heteroatoms. The first-order chi connectivity index (χ1) is 25.2. The quantitative estimate of drug-likeness (QED) is 0.168. The first-order valence-electron chi connectivity index (χ1n) is 17.6.